The first kappa shape index (κ1) is 28.0. The van der Waals surface area contributed by atoms with Crippen LogP contribution in [0.5, 0.6) is 0 Å². The fourth-order valence-corrected chi connectivity index (χ4v) is 6.44. The fourth-order valence-electron chi connectivity index (χ4n) is 6.44. The molecule has 0 spiro atoms. The third kappa shape index (κ3) is 4.93. The van der Waals surface area contributed by atoms with Gasteiger partial charge < -0.3 is 15.3 Å². The molecule has 0 radical (unpaired) electrons. The lowest BCUT2D eigenvalue weighted by atomic mass is 9.61. The molecule has 0 aromatic carbocycles. The Bertz CT molecular complexity index is 1080. The predicted molar refractivity (Wildman–Crippen MR) is 126 cm³/mol. The topological polar surface area (TPSA) is 60.7 Å². The van der Waals surface area contributed by atoms with Gasteiger partial charge in [-0.15, -0.1) is 0 Å². The van der Waals surface area contributed by atoms with Crippen molar-refractivity contribution >= 4 is 0 Å². The van der Waals surface area contributed by atoms with Crippen LogP contribution in [0.15, 0.2) is 47.1 Å². The average Bonchev–Trinajstić information content (AvgIpc) is 3.46. The normalized spacial score (nSPS) is 34.2. The quantitative estimate of drug-likeness (QED) is 0.236. The summed E-state index contributed by atoms with van der Waals surface area (Å²) < 4.78 is 78.0. The average molecular weight is 531 g/mol. The number of allylic oxidation sites excluding steroid dienone is 5. The number of alkyl halides is 6. The molecule has 0 amide bonds. The first-order valence-corrected chi connectivity index (χ1v) is 12.6. The minimum Gasteiger partial charge on any atom is -0.393 e. The molecule has 0 saturated heterocycles. The van der Waals surface area contributed by atoms with Crippen LogP contribution in [0.25, 0.3) is 0 Å². The standard InChI is InChI=1S/C28H32F6O3/c1-17-19(15-20(35)16-22(17)36)7-6-18-5-3-10-24(2)21(18)8-9-23(24)25(13-14-25)11-4-12-26(37,27(29,30)31)28(32,33)34/h6-7,9,20-22,35-37H,1,3,5,8,10-11,13-16H2,2H3/b18-6+,19-7-/t20-,21+,22+,24+/m1/s1. The Morgan fingerprint density at radius 1 is 1.08 bits per heavy atom. The van der Waals surface area contributed by atoms with E-state index in [1.807, 2.05) is 12.2 Å². The molecule has 3 nitrogen and oxygen atoms in total. The van der Waals surface area contributed by atoms with Gasteiger partial charge in [-0.25, -0.2) is 0 Å². The summed E-state index contributed by atoms with van der Waals surface area (Å²) in [5.41, 5.74) is -2.26. The number of halogens is 6. The zero-order valence-electron chi connectivity index (χ0n) is 20.6. The van der Waals surface area contributed by atoms with Crippen LogP contribution >= 0.6 is 0 Å². The van der Waals surface area contributed by atoms with E-state index in [-0.39, 0.29) is 24.2 Å². The van der Waals surface area contributed by atoms with Crippen molar-refractivity contribution < 1.29 is 41.7 Å². The minimum absolute atomic E-state index is 0.146. The van der Waals surface area contributed by atoms with Crippen LogP contribution in [-0.4, -0.2) is 45.5 Å². The van der Waals surface area contributed by atoms with Crippen LogP contribution in [0.2, 0.25) is 0 Å². The van der Waals surface area contributed by atoms with Gasteiger partial charge in [-0.1, -0.05) is 48.8 Å². The van der Waals surface area contributed by atoms with E-state index >= 15 is 0 Å². The molecule has 0 bridgehead atoms. The van der Waals surface area contributed by atoms with E-state index in [0.29, 0.717) is 24.8 Å². The molecule has 4 aliphatic rings. The Morgan fingerprint density at radius 3 is 2.32 bits per heavy atom. The SMILES string of the molecule is C=C1/C(=C\C=C2/CCC[C@]3(C)C(C4(CC#CC(O)(C(F)(F)F)C(F)(F)F)CC4)=CC[C@@H]23)C[C@@H](O)C[C@@H]1O. The molecule has 3 saturated carbocycles. The molecule has 37 heavy (non-hydrogen) atoms. The molecule has 9 heteroatoms. The van der Waals surface area contributed by atoms with Gasteiger partial charge in [-0.3, -0.25) is 0 Å². The van der Waals surface area contributed by atoms with Gasteiger partial charge in [0.25, 0.3) is 0 Å². The maximum Gasteiger partial charge on any atom is 0.438 e. The molecular formula is C28H32F6O3. The Morgan fingerprint density at radius 2 is 1.73 bits per heavy atom. The molecular weight excluding hydrogens is 498 g/mol. The first-order chi connectivity index (χ1) is 17.0. The molecule has 4 atom stereocenters. The molecule has 4 aliphatic carbocycles. The summed E-state index contributed by atoms with van der Waals surface area (Å²) >= 11 is 0. The summed E-state index contributed by atoms with van der Waals surface area (Å²) in [6, 6.07) is 0. The number of aliphatic hydroxyl groups is 3. The molecule has 0 heterocycles. The second kappa shape index (κ2) is 9.32. The van der Waals surface area contributed by atoms with E-state index in [4.69, 9.17) is 0 Å². The highest BCUT2D eigenvalue weighted by Crippen LogP contribution is 2.67. The maximum absolute atomic E-state index is 13.0. The first-order valence-electron chi connectivity index (χ1n) is 12.6. The van der Waals surface area contributed by atoms with Crippen molar-refractivity contribution in [3.8, 4) is 11.8 Å². The smallest absolute Gasteiger partial charge is 0.393 e. The van der Waals surface area contributed by atoms with Crippen molar-refractivity contribution in [3.63, 3.8) is 0 Å². The van der Waals surface area contributed by atoms with E-state index in [0.717, 1.165) is 42.7 Å². The molecule has 4 rings (SSSR count). The summed E-state index contributed by atoms with van der Waals surface area (Å²) in [6.07, 6.45) is -2.24. The Hall–Kier alpha value is -2.02. The van der Waals surface area contributed by atoms with Gasteiger partial charge >= 0.3 is 18.0 Å². The highest BCUT2D eigenvalue weighted by atomic mass is 19.4. The van der Waals surface area contributed by atoms with Gasteiger partial charge in [0.1, 0.15) is 0 Å². The van der Waals surface area contributed by atoms with Gasteiger partial charge in [0.05, 0.1) is 12.2 Å². The molecule has 0 aromatic heterocycles. The number of hydrogen-bond donors (Lipinski definition) is 3. The summed E-state index contributed by atoms with van der Waals surface area (Å²) in [4.78, 5) is 0. The largest absolute Gasteiger partial charge is 0.438 e. The van der Waals surface area contributed by atoms with Crippen LogP contribution in [0.4, 0.5) is 26.3 Å². The highest BCUT2D eigenvalue weighted by molar-refractivity contribution is 5.43. The Balaban J connectivity index is 1.55. The lowest BCUT2D eigenvalue weighted by molar-refractivity contribution is -0.343. The van der Waals surface area contributed by atoms with Gasteiger partial charge in [-0.2, -0.15) is 26.3 Å². The van der Waals surface area contributed by atoms with Crippen LogP contribution in [0.3, 0.4) is 0 Å². The summed E-state index contributed by atoms with van der Waals surface area (Å²) in [6.45, 7) is 6.05. The van der Waals surface area contributed by atoms with E-state index in [1.165, 1.54) is 5.57 Å². The summed E-state index contributed by atoms with van der Waals surface area (Å²) in [5, 5.41) is 29.5. The fraction of sp³-hybridized carbons (Fsp3) is 0.643. The minimum atomic E-state index is -5.95. The number of aliphatic hydroxyl groups excluding tert-OH is 2. The summed E-state index contributed by atoms with van der Waals surface area (Å²) in [7, 11) is 0. The maximum atomic E-state index is 13.0. The molecule has 0 unspecified atom stereocenters. The van der Waals surface area contributed by atoms with E-state index in [9.17, 15) is 41.7 Å². The van der Waals surface area contributed by atoms with Crippen LogP contribution in [0.1, 0.15) is 64.7 Å². The molecule has 3 fully saturated rings. The number of hydrogen-bond acceptors (Lipinski definition) is 3. The van der Waals surface area contributed by atoms with Gasteiger partial charge in [0.15, 0.2) is 0 Å². The summed E-state index contributed by atoms with van der Waals surface area (Å²) in [5.74, 6) is 3.32. The highest BCUT2D eigenvalue weighted by Gasteiger charge is 2.70. The van der Waals surface area contributed by atoms with E-state index in [2.05, 4.69) is 25.5 Å². The molecule has 204 valence electrons. The van der Waals surface area contributed by atoms with Crippen molar-refractivity contribution in [3.05, 3.63) is 47.1 Å². The number of rotatable bonds is 3. The van der Waals surface area contributed by atoms with Gasteiger partial charge in [0, 0.05) is 18.3 Å². The third-order valence-corrected chi connectivity index (χ3v) is 8.76. The van der Waals surface area contributed by atoms with E-state index in [1.54, 1.807) is 0 Å². The lowest BCUT2D eigenvalue weighted by Crippen LogP contribution is -2.55. The monoisotopic (exact) mass is 530 g/mol. The second-order valence-corrected chi connectivity index (χ2v) is 11.2. The second-order valence-electron chi connectivity index (χ2n) is 11.2. The van der Waals surface area contributed by atoms with Crippen molar-refractivity contribution in [1.29, 1.82) is 0 Å². The zero-order valence-corrected chi connectivity index (χ0v) is 20.6. The van der Waals surface area contributed by atoms with Gasteiger partial charge in [-0.05, 0) is 73.3 Å². The van der Waals surface area contributed by atoms with E-state index < -0.39 is 35.6 Å². The lowest BCUT2D eigenvalue weighted by Gasteiger charge is -2.43. The molecule has 0 aliphatic heterocycles. The third-order valence-electron chi connectivity index (χ3n) is 8.76. The van der Waals surface area contributed by atoms with Crippen LogP contribution in [0, 0.1) is 28.6 Å². The van der Waals surface area contributed by atoms with Crippen molar-refractivity contribution in [2.75, 3.05) is 0 Å². The van der Waals surface area contributed by atoms with Crippen LogP contribution in [-0.2, 0) is 0 Å². The van der Waals surface area contributed by atoms with Gasteiger partial charge in [0.2, 0.25) is 0 Å². The molecule has 3 N–H and O–H groups in total. The van der Waals surface area contributed by atoms with Crippen molar-refractivity contribution in [2.24, 2.45) is 16.7 Å². The molecule has 0 aromatic rings. The Kier molecular flexibility index (Phi) is 7.05. The van der Waals surface area contributed by atoms with Crippen molar-refractivity contribution in [1.82, 2.24) is 0 Å². The van der Waals surface area contributed by atoms with Crippen LogP contribution < -0.4 is 0 Å². The zero-order chi connectivity index (χ0) is 27.4. The van der Waals surface area contributed by atoms with Crippen molar-refractivity contribution in [2.45, 2.75) is 94.9 Å². The Labute approximate surface area is 212 Å². The number of fused-ring (bicyclic) bond motifs is 1. The predicted octanol–water partition coefficient (Wildman–Crippen LogP) is 6.08.